The molecular formula is C39H74O8. The molecule has 0 radical (unpaired) electrons. The van der Waals surface area contributed by atoms with E-state index >= 15 is 0 Å². The molecule has 0 amide bonds. The summed E-state index contributed by atoms with van der Waals surface area (Å²) in [5.41, 5.74) is -0.905. The smallest absolute Gasteiger partial charge is 0.327 e. The van der Waals surface area contributed by atoms with Crippen molar-refractivity contribution in [1.82, 2.24) is 0 Å². The molecule has 1 atom stereocenters. The largest absolute Gasteiger partial charge is 0.478 e. The predicted octanol–water partition coefficient (Wildman–Crippen LogP) is 7.31. The lowest BCUT2D eigenvalue weighted by Crippen LogP contribution is -2.37. The minimum absolute atomic E-state index is 0.0586. The first kappa shape index (κ1) is 44.0. The number of aliphatic hydroxyl groups is 6. The molecule has 0 aromatic heterocycles. The van der Waals surface area contributed by atoms with Gasteiger partial charge >= 0.3 is 5.97 Å². The number of aliphatic hydroxyl groups excluding tert-OH is 6. The van der Waals surface area contributed by atoms with Gasteiger partial charge in [-0.25, -0.2) is 4.79 Å². The highest BCUT2D eigenvalue weighted by atomic mass is 16.4. The Morgan fingerprint density at radius 2 is 0.745 bits per heavy atom. The van der Waals surface area contributed by atoms with Crippen LogP contribution in [0.5, 0.6) is 0 Å². The van der Waals surface area contributed by atoms with Crippen LogP contribution in [0.2, 0.25) is 0 Å². The monoisotopic (exact) mass is 671 g/mol. The molecule has 3 aliphatic carbocycles. The Bertz CT molecular complexity index is 715. The Labute approximate surface area is 287 Å². The fraction of sp³-hybridized carbons (Fsp3) is 0.923. The van der Waals surface area contributed by atoms with E-state index in [0.717, 1.165) is 70.3 Å². The van der Waals surface area contributed by atoms with Crippen LogP contribution in [0.3, 0.4) is 0 Å². The van der Waals surface area contributed by atoms with Gasteiger partial charge in [0.1, 0.15) is 0 Å². The third-order valence-corrected chi connectivity index (χ3v) is 11.5. The van der Waals surface area contributed by atoms with Crippen LogP contribution in [0.4, 0.5) is 0 Å². The number of carbonyl (C=O) groups is 1. The second-order valence-corrected chi connectivity index (χ2v) is 15.2. The van der Waals surface area contributed by atoms with Crippen molar-refractivity contribution in [2.45, 2.75) is 167 Å². The molecule has 3 rings (SSSR count). The standard InChI is InChI=1S/C15H26O4.2C12H24O2/c16-11-15(12-17)10-6-4-2-1-3-5-7-13(15)8-9-14(18)19;2*13-10-12(11-14)8-6-4-2-1-3-5-7-9-12/h8-9,13,16-17H,1-7,10-12H2,(H,18,19);2*13-14H,1-11H2. The molecule has 3 fully saturated rings. The maximum Gasteiger partial charge on any atom is 0.327 e. The first-order valence-electron chi connectivity index (χ1n) is 19.4. The van der Waals surface area contributed by atoms with Crippen molar-refractivity contribution in [2.24, 2.45) is 22.2 Å². The van der Waals surface area contributed by atoms with Crippen molar-refractivity contribution in [3.8, 4) is 0 Å². The molecule has 0 aromatic rings. The second kappa shape index (κ2) is 26.8. The maximum atomic E-state index is 10.7. The molecule has 3 aliphatic rings. The van der Waals surface area contributed by atoms with Crippen molar-refractivity contribution in [1.29, 1.82) is 0 Å². The highest BCUT2D eigenvalue weighted by Gasteiger charge is 2.36. The highest BCUT2D eigenvalue weighted by Crippen LogP contribution is 2.39. The number of allylic oxidation sites excluding steroid dienone is 1. The van der Waals surface area contributed by atoms with Gasteiger partial charge in [-0.15, -0.1) is 0 Å². The lowest BCUT2D eigenvalue weighted by molar-refractivity contribution is -0.131. The van der Waals surface area contributed by atoms with Gasteiger partial charge in [0, 0.05) is 22.3 Å². The van der Waals surface area contributed by atoms with Crippen LogP contribution in [0.15, 0.2) is 12.2 Å². The van der Waals surface area contributed by atoms with Gasteiger partial charge in [0.05, 0.1) is 39.6 Å². The van der Waals surface area contributed by atoms with Gasteiger partial charge < -0.3 is 35.7 Å². The summed E-state index contributed by atoms with van der Waals surface area (Å²) in [7, 11) is 0. The summed E-state index contributed by atoms with van der Waals surface area (Å²) in [6.07, 6.45) is 32.9. The molecule has 0 spiro atoms. The molecule has 7 N–H and O–H groups in total. The quantitative estimate of drug-likeness (QED) is 0.132. The molecule has 0 aromatic carbocycles. The molecule has 0 saturated heterocycles. The topological polar surface area (TPSA) is 159 Å². The van der Waals surface area contributed by atoms with Crippen LogP contribution >= 0.6 is 0 Å². The number of carboxylic acids is 1. The van der Waals surface area contributed by atoms with Gasteiger partial charge in [0.25, 0.3) is 0 Å². The highest BCUT2D eigenvalue weighted by molar-refractivity contribution is 5.79. The van der Waals surface area contributed by atoms with E-state index in [1.807, 2.05) is 0 Å². The van der Waals surface area contributed by atoms with E-state index in [4.69, 9.17) is 5.11 Å². The number of carboxylic acid groups (broad SMARTS) is 1. The van der Waals surface area contributed by atoms with Gasteiger partial charge in [0.2, 0.25) is 0 Å². The van der Waals surface area contributed by atoms with Crippen LogP contribution in [0.25, 0.3) is 0 Å². The van der Waals surface area contributed by atoms with Crippen LogP contribution < -0.4 is 0 Å². The maximum absolute atomic E-state index is 10.7. The van der Waals surface area contributed by atoms with Crippen molar-refractivity contribution in [2.75, 3.05) is 39.6 Å². The minimum Gasteiger partial charge on any atom is -0.478 e. The Morgan fingerprint density at radius 1 is 0.447 bits per heavy atom. The summed E-state index contributed by atoms with van der Waals surface area (Å²) in [4.78, 5) is 10.7. The van der Waals surface area contributed by atoms with Crippen molar-refractivity contribution >= 4 is 5.97 Å². The molecule has 278 valence electrons. The predicted molar refractivity (Wildman–Crippen MR) is 190 cm³/mol. The molecular weight excluding hydrogens is 596 g/mol. The molecule has 0 heterocycles. The van der Waals surface area contributed by atoms with Crippen LogP contribution in [-0.4, -0.2) is 81.4 Å². The molecule has 3 saturated carbocycles. The fourth-order valence-electron chi connectivity index (χ4n) is 7.73. The van der Waals surface area contributed by atoms with E-state index in [2.05, 4.69) is 0 Å². The summed E-state index contributed by atoms with van der Waals surface area (Å²) in [5.74, 6) is -1.03. The Balaban J connectivity index is 0.000000359. The lowest BCUT2D eigenvalue weighted by Gasteiger charge is -2.37. The van der Waals surface area contributed by atoms with Gasteiger partial charge in [0.15, 0.2) is 0 Å². The summed E-state index contributed by atoms with van der Waals surface area (Å²) in [5, 5.41) is 65.6. The molecule has 0 bridgehead atoms. The summed E-state index contributed by atoms with van der Waals surface area (Å²) in [6.45, 7) is 0.455. The van der Waals surface area contributed by atoms with Crippen LogP contribution in [0.1, 0.15) is 167 Å². The zero-order chi connectivity index (χ0) is 34.7. The molecule has 1 unspecified atom stereocenters. The average Bonchev–Trinajstić information content (AvgIpc) is 3.11. The molecule has 8 nitrogen and oxygen atoms in total. The van der Waals surface area contributed by atoms with E-state index in [1.54, 1.807) is 6.08 Å². The van der Waals surface area contributed by atoms with E-state index < -0.39 is 11.4 Å². The summed E-state index contributed by atoms with van der Waals surface area (Å²) in [6, 6.07) is 0. The van der Waals surface area contributed by atoms with Gasteiger partial charge in [-0.05, 0) is 44.4 Å². The Hall–Kier alpha value is -1.03. The van der Waals surface area contributed by atoms with Crippen LogP contribution in [-0.2, 0) is 4.79 Å². The Kier molecular flexibility index (Phi) is 25.1. The summed E-state index contributed by atoms with van der Waals surface area (Å²) >= 11 is 0. The average molecular weight is 671 g/mol. The summed E-state index contributed by atoms with van der Waals surface area (Å²) < 4.78 is 0. The minimum atomic E-state index is -0.970. The van der Waals surface area contributed by atoms with Crippen molar-refractivity contribution in [3.63, 3.8) is 0 Å². The van der Waals surface area contributed by atoms with Crippen molar-refractivity contribution < 1.29 is 40.5 Å². The molecule has 8 heteroatoms. The molecule has 0 aliphatic heterocycles. The number of rotatable bonds is 8. The zero-order valence-corrected chi connectivity index (χ0v) is 29.9. The SMILES string of the molecule is O=C(O)C=CC1CCCCCCCCC1(CO)CO.OCC1(CO)CCCCCCCCC1.OCC1(CO)CCCCCCCCC1. The Morgan fingerprint density at radius 3 is 1.04 bits per heavy atom. The van der Waals surface area contributed by atoms with E-state index in [-0.39, 0.29) is 56.4 Å². The van der Waals surface area contributed by atoms with E-state index in [9.17, 15) is 35.4 Å². The van der Waals surface area contributed by atoms with Crippen LogP contribution in [0, 0.1) is 22.2 Å². The normalized spacial score (nSPS) is 24.8. The second-order valence-electron chi connectivity index (χ2n) is 15.2. The van der Waals surface area contributed by atoms with Gasteiger partial charge in [-0.3, -0.25) is 0 Å². The van der Waals surface area contributed by atoms with E-state index in [1.165, 1.54) is 103 Å². The van der Waals surface area contributed by atoms with Crippen molar-refractivity contribution in [3.05, 3.63) is 12.2 Å². The zero-order valence-electron chi connectivity index (χ0n) is 29.9. The lowest BCUT2D eigenvalue weighted by atomic mass is 9.70. The van der Waals surface area contributed by atoms with E-state index in [0.29, 0.717) is 0 Å². The number of hydrogen-bond acceptors (Lipinski definition) is 7. The first-order chi connectivity index (χ1) is 22.8. The van der Waals surface area contributed by atoms with Gasteiger partial charge in [-0.2, -0.15) is 0 Å². The number of aliphatic carboxylic acids is 1. The third kappa shape index (κ3) is 18.0. The molecule has 47 heavy (non-hydrogen) atoms. The number of hydrogen-bond donors (Lipinski definition) is 7. The fourth-order valence-corrected chi connectivity index (χ4v) is 7.73. The van der Waals surface area contributed by atoms with Gasteiger partial charge in [-0.1, -0.05) is 134 Å². The third-order valence-electron chi connectivity index (χ3n) is 11.5. The first-order valence-corrected chi connectivity index (χ1v) is 19.4.